The summed E-state index contributed by atoms with van der Waals surface area (Å²) in [6.45, 7) is 1.32. The Bertz CT molecular complexity index is 1120. The highest BCUT2D eigenvalue weighted by Gasteiger charge is 2.36. The number of nitrogens with one attached hydrogen (secondary N) is 1. The van der Waals surface area contributed by atoms with E-state index in [0.29, 0.717) is 33.7 Å². The van der Waals surface area contributed by atoms with Crippen LogP contribution in [0.5, 0.6) is 0 Å². The summed E-state index contributed by atoms with van der Waals surface area (Å²) in [6, 6.07) is 11.5. The lowest BCUT2D eigenvalue weighted by molar-refractivity contribution is -0.387. The summed E-state index contributed by atoms with van der Waals surface area (Å²) >= 11 is 1.82. The Kier molecular flexibility index (Phi) is 7.67. The molecule has 0 atom stereocenters. The van der Waals surface area contributed by atoms with Crippen molar-refractivity contribution in [3.05, 3.63) is 68.6 Å². The van der Waals surface area contributed by atoms with Gasteiger partial charge in [-0.1, -0.05) is 18.2 Å². The normalized spacial score (nSPS) is 14.8. The van der Waals surface area contributed by atoms with Crippen LogP contribution in [0.4, 0.5) is 16.2 Å². The number of nitro groups is 1. The second-order valence-corrected chi connectivity index (χ2v) is 8.87. The van der Waals surface area contributed by atoms with Crippen molar-refractivity contribution >= 4 is 58.0 Å². The van der Waals surface area contributed by atoms with Crippen molar-refractivity contribution in [3.63, 3.8) is 0 Å². The molecule has 11 heteroatoms. The molecule has 1 saturated heterocycles. The van der Waals surface area contributed by atoms with Crippen LogP contribution in [-0.2, 0) is 9.59 Å². The smallest absolute Gasteiger partial charge is 0.294 e. The van der Waals surface area contributed by atoms with Gasteiger partial charge in [-0.2, -0.15) is 0 Å². The zero-order valence-corrected chi connectivity index (χ0v) is 18.6. The minimum Gasteiger partial charge on any atom is -0.396 e. The van der Waals surface area contributed by atoms with E-state index >= 15 is 0 Å². The molecule has 1 aliphatic heterocycles. The third-order valence-electron chi connectivity index (χ3n) is 4.30. The van der Waals surface area contributed by atoms with Crippen molar-refractivity contribution < 1.29 is 24.4 Å². The van der Waals surface area contributed by atoms with Crippen molar-refractivity contribution in [2.75, 3.05) is 24.2 Å². The van der Waals surface area contributed by atoms with Gasteiger partial charge >= 0.3 is 0 Å². The number of thioether (sulfide) groups is 2. The molecule has 0 aliphatic carbocycles. The third-order valence-corrected chi connectivity index (χ3v) is 6.25. The molecule has 2 N–H and O–H groups in total. The largest absolute Gasteiger partial charge is 0.396 e. The lowest BCUT2D eigenvalue weighted by Crippen LogP contribution is -2.36. The minimum atomic E-state index is -0.638. The van der Waals surface area contributed by atoms with E-state index < -0.39 is 28.5 Å². The lowest BCUT2D eigenvalue weighted by Gasteiger charge is -2.12. The Morgan fingerprint density at radius 3 is 2.75 bits per heavy atom. The number of aliphatic hydroxyl groups excluding tert-OH is 1. The van der Waals surface area contributed by atoms with Crippen LogP contribution >= 0.6 is 23.5 Å². The molecule has 1 heterocycles. The molecule has 0 saturated carbocycles. The Labute approximate surface area is 192 Å². The van der Waals surface area contributed by atoms with E-state index in [1.807, 2.05) is 13.0 Å². The number of imide groups is 1. The van der Waals surface area contributed by atoms with Crippen LogP contribution in [0.3, 0.4) is 0 Å². The van der Waals surface area contributed by atoms with Crippen LogP contribution in [0.1, 0.15) is 11.1 Å². The van der Waals surface area contributed by atoms with E-state index in [1.165, 1.54) is 18.2 Å². The number of hydrogen-bond acceptors (Lipinski definition) is 8. The summed E-state index contributed by atoms with van der Waals surface area (Å²) in [5.41, 5.74) is 1.73. The summed E-state index contributed by atoms with van der Waals surface area (Å²) < 4.78 is 0. The van der Waals surface area contributed by atoms with Gasteiger partial charge in [-0.3, -0.25) is 29.4 Å². The van der Waals surface area contributed by atoms with Gasteiger partial charge in [-0.05, 0) is 54.1 Å². The lowest BCUT2D eigenvalue weighted by atomic mass is 10.2. The molecule has 1 aliphatic rings. The number of aryl methyl sites for hydroxylation is 1. The van der Waals surface area contributed by atoms with Gasteiger partial charge in [0.2, 0.25) is 5.91 Å². The second-order valence-electron chi connectivity index (χ2n) is 6.74. The topological polar surface area (TPSA) is 130 Å². The highest BCUT2D eigenvalue weighted by molar-refractivity contribution is 8.18. The maximum absolute atomic E-state index is 12.7. The first-order valence-corrected chi connectivity index (χ1v) is 11.2. The number of amides is 3. The predicted octanol–water partition coefficient (Wildman–Crippen LogP) is 3.66. The maximum Gasteiger partial charge on any atom is 0.294 e. The van der Waals surface area contributed by atoms with E-state index in [1.54, 1.807) is 24.3 Å². The molecule has 9 nitrogen and oxygen atoms in total. The molecule has 2 aromatic rings. The molecule has 0 aromatic heterocycles. The fraction of sp³-hybridized carbons (Fsp3) is 0.190. The SMILES string of the molecule is Cc1cccc(NC(=O)CN2C(=O)SC(=Cc3ccc(SCCO)c([N+](=O)[O-])c3)C2=O)c1. The van der Waals surface area contributed by atoms with Crippen molar-refractivity contribution in [1.82, 2.24) is 4.90 Å². The number of nitro benzene ring substituents is 1. The average Bonchev–Trinajstić information content (AvgIpc) is 3.00. The number of carbonyl (C=O) groups excluding carboxylic acids is 3. The molecule has 3 rings (SSSR count). The first kappa shape index (κ1) is 23.5. The van der Waals surface area contributed by atoms with Gasteiger partial charge in [0.15, 0.2) is 0 Å². The summed E-state index contributed by atoms with van der Waals surface area (Å²) in [7, 11) is 0. The van der Waals surface area contributed by atoms with Crippen LogP contribution < -0.4 is 5.32 Å². The zero-order valence-electron chi connectivity index (χ0n) is 16.9. The first-order valence-electron chi connectivity index (χ1n) is 9.42. The van der Waals surface area contributed by atoms with Crippen molar-refractivity contribution in [1.29, 1.82) is 0 Å². The van der Waals surface area contributed by atoms with Gasteiger partial charge in [-0.15, -0.1) is 11.8 Å². The number of rotatable bonds is 8. The van der Waals surface area contributed by atoms with Gasteiger partial charge in [0.25, 0.3) is 16.8 Å². The molecule has 32 heavy (non-hydrogen) atoms. The molecule has 0 bridgehead atoms. The van der Waals surface area contributed by atoms with E-state index in [9.17, 15) is 24.5 Å². The molecule has 1 fully saturated rings. The second kappa shape index (κ2) is 10.4. The summed E-state index contributed by atoms with van der Waals surface area (Å²) in [4.78, 5) is 49.4. The average molecular weight is 474 g/mol. The highest BCUT2D eigenvalue weighted by Crippen LogP contribution is 2.34. The molecule has 0 unspecified atom stereocenters. The van der Waals surface area contributed by atoms with E-state index in [2.05, 4.69) is 5.32 Å². The predicted molar refractivity (Wildman–Crippen MR) is 123 cm³/mol. The number of benzene rings is 2. The van der Waals surface area contributed by atoms with Crippen LogP contribution in [0.25, 0.3) is 6.08 Å². The molecule has 0 spiro atoms. The van der Waals surface area contributed by atoms with Crippen molar-refractivity contribution in [3.8, 4) is 0 Å². The Morgan fingerprint density at radius 1 is 1.28 bits per heavy atom. The highest BCUT2D eigenvalue weighted by atomic mass is 32.2. The number of nitrogens with zero attached hydrogens (tertiary/aromatic N) is 2. The fourth-order valence-electron chi connectivity index (χ4n) is 2.90. The quantitative estimate of drug-likeness (QED) is 0.257. The van der Waals surface area contributed by atoms with Crippen molar-refractivity contribution in [2.24, 2.45) is 0 Å². The van der Waals surface area contributed by atoms with Crippen molar-refractivity contribution in [2.45, 2.75) is 11.8 Å². The monoisotopic (exact) mass is 473 g/mol. The summed E-state index contributed by atoms with van der Waals surface area (Å²) in [5, 5.41) is 22.4. The van der Waals surface area contributed by atoms with Gasteiger partial charge < -0.3 is 10.4 Å². The van der Waals surface area contributed by atoms with Gasteiger partial charge in [0, 0.05) is 17.5 Å². The van der Waals surface area contributed by atoms with Crippen LogP contribution in [0.15, 0.2) is 52.3 Å². The maximum atomic E-state index is 12.7. The van der Waals surface area contributed by atoms with Crippen LogP contribution in [0, 0.1) is 17.0 Å². The minimum absolute atomic E-state index is 0.0726. The molecule has 2 aromatic carbocycles. The van der Waals surface area contributed by atoms with Gasteiger partial charge in [0.05, 0.1) is 21.3 Å². The van der Waals surface area contributed by atoms with E-state index in [-0.39, 0.29) is 17.2 Å². The molecule has 0 radical (unpaired) electrons. The third kappa shape index (κ3) is 5.75. The van der Waals surface area contributed by atoms with Crippen LogP contribution in [0.2, 0.25) is 0 Å². The van der Waals surface area contributed by atoms with E-state index in [4.69, 9.17) is 5.11 Å². The zero-order chi connectivity index (χ0) is 23.3. The molecule has 166 valence electrons. The Hall–Kier alpha value is -3.15. The fourth-order valence-corrected chi connectivity index (χ4v) is 4.49. The number of hydrogen-bond donors (Lipinski definition) is 2. The Morgan fingerprint density at radius 2 is 2.06 bits per heavy atom. The number of carbonyl (C=O) groups is 3. The standard InChI is InChI=1S/C21H19N3O6S2/c1-13-3-2-4-15(9-13)22-19(26)12-23-20(27)18(32-21(23)28)11-14-5-6-17(31-8-7-25)16(10-14)24(29)30/h2-6,9-11,25H,7-8,12H2,1H3,(H,22,26). The number of anilines is 1. The molecule has 3 amide bonds. The van der Waals surface area contributed by atoms with Gasteiger partial charge in [0.1, 0.15) is 6.54 Å². The van der Waals surface area contributed by atoms with Crippen LogP contribution in [-0.4, -0.2) is 50.9 Å². The summed E-state index contributed by atoms with van der Waals surface area (Å²) in [5.74, 6) is -0.843. The Balaban J connectivity index is 1.74. The first-order chi connectivity index (χ1) is 15.3. The van der Waals surface area contributed by atoms with E-state index in [0.717, 1.165) is 22.2 Å². The molecular formula is C21H19N3O6S2. The summed E-state index contributed by atoms with van der Waals surface area (Å²) in [6.07, 6.45) is 1.39. The van der Waals surface area contributed by atoms with Gasteiger partial charge in [-0.25, -0.2) is 0 Å². The molecular weight excluding hydrogens is 454 g/mol. The number of aliphatic hydroxyl groups is 1.